The first-order valence-corrected chi connectivity index (χ1v) is 11.9. The van der Waals surface area contributed by atoms with Crippen molar-refractivity contribution >= 4 is 11.8 Å². The van der Waals surface area contributed by atoms with Gasteiger partial charge in [0.1, 0.15) is 13.2 Å². The van der Waals surface area contributed by atoms with Gasteiger partial charge in [-0.15, -0.1) is 0 Å². The highest BCUT2D eigenvalue weighted by Gasteiger charge is 2.42. The number of hydrogen-bond donors (Lipinski definition) is 1. The van der Waals surface area contributed by atoms with Crippen molar-refractivity contribution < 1.29 is 19.1 Å². The van der Waals surface area contributed by atoms with Crippen LogP contribution in [0.4, 0.5) is 0 Å². The van der Waals surface area contributed by atoms with Crippen LogP contribution in [0.2, 0.25) is 0 Å². The van der Waals surface area contributed by atoms with Gasteiger partial charge in [-0.1, -0.05) is 58.4 Å². The van der Waals surface area contributed by atoms with Crippen LogP contribution < -0.4 is 14.9 Å². The fraction of sp³-hybridized carbons (Fsp3) is 0.556. The minimum Gasteiger partial charge on any atom is -0.486 e. The molecule has 2 unspecified atom stereocenters. The second-order valence-corrected chi connectivity index (χ2v) is 10.3. The summed E-state index contributed by atoms with van der Waals surface area (Å²) >= 11 is 0. The van der Waals surface area contributed by atoms with E-state index in [1.54, 1.807) is 17.1 Å². The summed E-state index contributed by atoms with van der Waals surface area (Å²) in [6, 6.07) is 3.36. The maximum Gasteiger partial charge on any atom is 0.270 e. The molecule has 1 heterocycles. The molecule has 2 aliphatic rings. The Hall–Kier alpha value is -2.76. The van der Waals surface area contributed by atoms with Crippen molar-refractivity contribution in [2.45, 2.75) is 73.8 Å². The van der Waals surface area contributed by atoms with Gasteiger partial charge in [0.25, 0.3) is 11.8 Å². The molecule has 0 aromatic heterocycles. The molecule has 6 heteroatoms. The summed E-state index contributed by atoms with van der Waals surface area (Å²) in [4.78, 5) is 27.5. The number of fused-ring (bicyclic) bond motifs is 1. The normalized spacial score (nSPS) is 20.6. The minimum atomic E-state index is -0.717. The molecular formula is C27H38N2O4. The Morgan fingerprint density at radius 1 is 1.18 bits per heavy atom. The van der Waals surface area contributed by atoms with Crippen LogP contribution in [0, 0.1) is 10.8 Å². The predicted octanol–water partition coefficient (Wildman–Crippen LogP) is 5.23. The Morgan fingerprint density at radius 3 is 2.48 bits per heavy atom. The molecule has 3 rings (SSSR count). The molecule has 0 radical (unpaired) electrons. The lowest BCUT2D eigenvalue weighted by atomic mass is 9.78. The molecule has 0 fully saturated rings. The van der Waals surface area contributed by atoms with E-state index < -0.39 is 5.41 Å². The monoisotopic (exact) mass is 454 g/mol. The van der Waals surface area contributed by atoms with Gasteiger partial charge in [0, 0.05) is 11.1 Å². The highest BCUT2D eigenvalue weighted by Crippen LogP contribution is 2.38. The number of rotatable bonds is 5. The van der Waals surface area contributed by atoms with Gasteiger partial charge in [0.2, 0.25) is 0 Å². The highest BCUT2D eigenvalue weighted by atomic mass is 16.6. The van der Waals surface area contributed by atoms with Gasteiger partial charge in [0.15, 0.2) is 11.5 Å². The van der Waals surface area contributed by atoms with Crippen molar-refractivity contribution in [2.24, 2.45) is 10.8 Å². The van der Waals surface area contributed by atoms with Crippen LogP contribution in [0.25, 0.3) is 0 Å². The molecule has 180 valence electrons. The van der Waals surface area contributed by atoms with Gasteiger partial charge < -0.3 is 9.47 Å². The van der Waals surface area contributed by atoms with E-state index in [4.69, 9.17) is 9.47 Å². The SMILES string of the molecule is CCc1c(C(=O)NN(C(=O)C2(C)C=C(C)C=CC2)C(CC)C(C)(C)C)ccc2c1OCCO2. The van der Waals surface area contributed by atoms with Crippen molar-refractivity contribution in [3.63, 3.8) is 0 Å². The maximum atomic E-state index is 14.0. The summed E-state index contributed by atoms with van der Waals surface area (Å²) in [6.45, 7) is 15.2. The van der Waals surface area contributed by atoms with E-state index in [9.17, 15) is 9.59 Å². The molecule has 1 aromatic carbocycles. The smallest absolute Gasteiger partial charge is 0.270 e. The standard InChI is InChI=1S/C27H38N2O4/c1-8-19-20(12-13-21-23(19)33-16-15-32-21)24(30)28-29(22(9-2)26(4,5)6)25(31)27(7)14-10-11-18(3)17-27/h10-13,17,22H,8-9,14-16H2,1-7H3,(H,28,30). The highest BCUT2D eigenvalue weighted by molar-refractivity contribution is 5.98. The Morgan fingerprint density at radius 2 is 1.88 bits per heavy atom. The molecule has 2 amide bonds. The molecule has 0 saturated heterocycles. The fourth-order valence-corrected chi connectivity index (χ4v) is 4.88. The first kappa shape index (κ1) is 24.9. The zero-order valence-corrected chi connectivity index (χ0v) is 21.1. The number of carbonyl (C=O) groups excluding carboxylic acids is 2. The number of ether oxygens (including phenoxy) is 2. The van der Waals surface area contributed by atoms with Crippen molar-refractivity contribution in [3.8, 4) is 11.5 Å². The average molecular weight is 455 g/mol. The van der Waals surface area contributed by atoms with Crippen molar-refractivity contribution in [3.05, 3.63) is 47.1 Å². The predicted molar refractivity (Wildman–Crippen MR) is 130 cm³/mol. The number of hydrogen-bond acceptors (Lipinski definition) is 4. The first-order valence-electron chi connectivity index (χ1n) is 11.9. The topological polar surface area (TPSA) is 67.9 Å². The largest absolute Gasteiger partial charge is 0.486 e. The second kappa shape index (κ2) is 9.62. The summed E-state index contributed by atoms with van der Waals surface area (Å²) in [5, 5.41) is 1.58. The third kappa shape index (κ3) is 5.10. The molecule has 2 atom stereocenters. The third-order valence-corrected chi connectivity index (χ3v) is 6.51. The number of amides is 2. The number of carbonyl (C=O) groups is 2. The van der Waals surface area contributed by atoms with E-state index in [-0.39, 0.29) is 23.3 Å². The van der Waals surface area contributed by atoms with E-state index >= 15 is 0 Å². The van der Waals surface area contributed by atoms with Crippen LogP contribution in [-0.4, -0.2) is 36.1 Å². The van der Waals surface area contributed by atoms with Crippen LogP contribution in [0.1, 0.15) is 77.2 Å². The molecule has 1 N–H and O–H groups in total. The van der Waals surface area contributed by atoms with Gasteiger partial charge in [-0.2, -0.15) is 0 Å². The maximum absolute atomic E-state index is 14.0. The summed E-state index contributed by atoms with van der Waals surface area (Å²) in [7, 11) is 0. The molecule has 1 aliphatic carbocycles. The Balaban J connectivity index is 2.00. The Bertz CT molecular complexity index is 973. The number of nitrogens with zero attached hydrogens (tertiary/aromatic N) is 1. The molecule has 33 heavy (non-hydrogen) atoms. The zero-order valence-electron chi connectivity index (χ0n) is 21.1. The Kier molecular flexibility index (Phi) is 7.25. The van der Waals surface area contributed by atoms with Gasteiger partial charge in [-0.3, -0.25) is 15.0 Å². The lowest BCUT2D eigenvalue weighted by molar-refractivity contribution is -0.147. The molecular weight excluding hydrogens is 416 g/mol. The van der Waals surface area contributed by atoms with Gasteiger partial charge in [-0.25, -0.2) is 5.01 Å². The van der Waals surface area contributed by atoms with Crippen LogP contribution in [0.15, 0.2) is 35.9 Å². The fourth-order valence-electron chi connectivity index (χ4n) is 4.88. The zero-order chi connectivity index (χ0) is 24.4. The van der Waals surface area contributed by atoms with Crippen LogP contribution >= 0.6 is 0 Å². The summed E-state index contributed by atoms with van der Waals surface area (Å²) in [5.41, 5.74) is 4.41. The lowest BCUT2D eigenvalue weighted by Gasteiger charge is -2.43. The molecule has 1 aromatic rings. The lowest BCUT2D eigenvalue weighted by Crippen LogP contribution is -2.59. The second-order valence-electron chi connectivity index (χ2n) is 10.3. The van der Waals surface area contributed by atoms with Crippen LogP contribution in [-0.2, 0) is 11.2 Å². The van der Waals surface area contributed by atoms with E-state index in [1.807, 2.05) is 45.9 Å². The first-order chi connectivity index (χ1) is 15.5. The number of benzene rings is 1. The van der Waals surface area contributed by atoms with Crippen molar-refractivity contribution in [1.82, 2.24) is 10.4 Å². The van der Waals surface area contributed by atoms with Gasteiger partial charge in [-0.05, 0) is 50.7 Å². The van der Waals surface area contributed by atoms with E-state index in [2.05, 4.69) is 26.2 Å². The third-order valence-electron chi connectivity index (χ3n) is 6.51. The average Bonchev–Trinajstić information content (AvgIpc) is 2.76. The van der Waals surface area contributed by atoms with Crippen molar-refractivity contribution in [2.75, 3.05) is 13.2 Å². The summed E-state index contributed by atoms with van der Waals surface area (Å²) < 4.78 is 11.5. The number of hydrazine groups is 1. The van der Waals surface area contributed by atoms with Gasteiger partial charge in [0.05, 0.1) is 11.5 Å². The van der Waals surface area contributed by atoms with E-state index in [0.717, 1.165) is 11.1 Å². The quantitative estimate of drug-likeness (QED) is 0.619. The molecule has 0 saturated carbocycles. The van der Waals surface area contributed by atoms with Crippen LogP contribution in [0.5, 0.6) is 11.5 Å². The van der Waals surface area contributed by atoms with Gasteiger partial charge >= 0.3 is 0 Å². The molecule has 0 spiro atoms. The van der Waals surface area contributed by atoms with Crippen LogP contribution in [0.3, 0.4) is 0 Å². The summed E-state index contributed by atoms with van der Waals surface area (Å²) in [6.07, 6.45) is 7.99. The van der Waals surface area contributed by atoms with E-state index in [1.165, 1.54) is 0 Å². The molecule has 6 nitrogen and oxygen atoms in total. The molecule has 1 aliphatic heterocycles. The minimum absolute atomic E-state index is 0.100. The van der Waals surface area contributed by atoms with Crippen molar-refractivity contribution in [1.29, 1.82) is 0 Å². The Labute approximate surface area is 198 Å². The number of allylic oxidation sites excluding steroid dienone is 3. The molecule has 0 bridgehead atoms. The summed E-state index contributed by atoms with van der Waals surface area (Å²) in [5.74, 6) is 0.873. The number of nitrogens with one attached hydrogen (secondary N) is 1. The van der Waals surface area contributed by atoms with E-state index in [0.29, 0.717) is 49.5 Å².